The first kappa shape index (κ1) is 19.5. The van der Waals surface area contributed by atoms with Gasteiger partial charge >= 0.3 is 12.1 Å². The fraction of sp³-hybridized carbons (Fsp3) is 0.750. The number of carbonyl (C=O) groups excluding carboxylic acids is 2. The number of hydrogen-bond acceptors (Lipinski definition) is 3. The second kappa shape index (κ2) is 13.0. The van der Waals surface area contributed by atoms with Gasteiger partial charge in [0.25, 0.3) is 0 Å². The third-order valence-corrected chi connectivity index (χ3v) is 1.21. The number of amides is 4. The number of hydrogen-bond donors (Lipinski definition) is 3. The van der Waals surface area contributed by atoms with Gasteiger partial charge in [-0.1, -0.05) is 13.3 Å². The van der Waals surface area contributed by atoms with Crippen molar-refractivity contribution in [1.82, 2.24) is 10.2 Å². The number of halogens is 1. The Labute approximate surface area is 96.8 Å². The maximum absolute atomic E-state index is 9.62. The van der Waals surface area contributed by atoms with Gasteiger partial charge in [-0.25, -0.2) is 9.59 Å². The summed E-state index contributed by atoms with van der Waals surface area (Å²) in [6.45, 7) is 3.44. The van der Waals surface area contributed by atoms with Crippen molar-refractivity contribution in [2.24, 2.45) is 11.5 Å². The molecule has 0 rings (SSSR count). The van der Waals surface area contributed by atoms with Crippen molar-refractivity contribution in [3.05, 3.63) is 0 Å². The number of urea groups is 2. The molecule has 5 N–H and O–H groups in total. The lowest BCUT2D eigenvalue weighted by Gasteiger charge is -2.05. The van der Waals surface area contributed by atoms with E-state index in [-0.39, 0.29) is 12.4 Å². The first-order chi connectivity index (χ1) is 6.40. The molecule has 92 valence electrons. The molecule has 0 aliphatic rings. The van der Waals surface area contributed by atoms with Crippen LogP contribution >= 0.6 is 12.4 Å². The molecule has 0 saturated heterocycles. The lowest BCUT2D eigenvalue weighted by molar-refractivity contribution is 0.236. The molecule has 0 aromatic rings. The molecule has 0 aromatic carbocycles. The SMILES string of the molecule is CCCCN(C)C.Cl.NC(=O)NC(N)=O. The highest BCUT2D eigenvalue weighted by Gasteiger charge is 1.92. The number of primary amides is 2. The van der Waals surface area contributed by atoms with Crippen LogP contribution in [0, 0.1) is 0 Å². The van der Waals surface area contributed by atoms with Gasteiger partial charge in [0, 0.05) is 0 Å². The summed E-state index contributed by atoms with van der Waals surface area (Å²) in [6, 6.07) is -1.88. The average Bonchev–Trinajstić information content (AvgIpc) is 1.99. The minimum Gasteiger partial charge on any atom is -0.351 e. The number of unbranched alkanes of at least 4 members (excludes halogenated alkanes) is 1. The third kappa shape index (κ3) is 32.1. The number of imide groups is 1. The van der Waals surface area contributed by atoms with Crippen LogP contribution in [0.15, 0.2) is 0 Å². The standard InChI is InChI=1S/C6H15N.C2H5N3O2.ClH/c1-4-5-6-7(2)3;3-1(6)5-2(4)7;/h4-6H2,1-3H3;(H5,3,4,5,6,7);1H. The fourth-order valence-electron chi connectivity index (χ4n) is 0.596. The molecule has 4 amide bonds. The Balaban J connectivity index is -0.000000180. The third-order valence-electron chi connectivity index (χ3n) is 1.21. The van der Waals surface area contributed by atoms with Crippen LogP contribution in [0.25, 0.3) is 0 Å². The van der Waals surface area contributed by atoms with Gasteiger partial charge in [0.15, 0.2) is 0 Å². The maximum Gasteiger partial charge on any atom is 0.320 e. The van der Waals surface area contributed by atoms with E-state index in [0.717, 1.165) is 0 Å². The molecule has 0 radical (unpaired) electrons. The summed E-state index contributed by atoms with van der Waals surface area (Å²) in [5, 5.41) is 1.58. The monoisotopic (exact) mass is 240 g/mol. The first-order valence-electron chi connectivity index (χ1n) is 4.40. The van der Waals surface area contributed by atoms with Gasteiger partial charge < -0.3 is 16.4 Å². The largest absolute Gasteiger partial charge is 0.351 e. The summed E-state index contributed by atoms with van der Waals surface area (Å²) in [6.07, 6.45) is 2.63. The van der Waals surface area contributed by atoms with Crippen LogP contribution in [0.2, 0.25) is 0 Å². The smallest absolute Gasteiger partial charge is 0.320 e. The van der Waals surface area contributed by atoms with E-state index in [1.54, 1.807) is 5.32 Å². The van der Waals surface area contributed by atoms with Gasteiger partial charge in [0.05, 0.1) is 0 Å². The van der Waals surface area contributed by atoms with Crippen molar-refractivity contribution in [1.29, 1.82) is 0 Å². The van der Waals surface area contributed by atoms with Gasteiger partial charge in [0.1, 0.15) is 0 Å². The summed E-state index contributed by atoms with van der Waals surface area (Å²) in [4.78, 5) is 21.5. The quantitative estimate of drug-likeness (QED) is 0.670. The van der Waals surface area contributed by atoms with Gasteiger partial charge in [-0.15, -0.1) is 12.4 Å². The van der Waals surface area contributed by atoms with E-state index in [2.05, 4.69) is 37.4 Å². The summed E-state index contributed by atoms with van der Waals surface area (Å²) in [7, 11) is 4.21. The van der Waals surface area contributed by atoms with Crippen LogP contribution in [-0.2, 0) is 0 Å². The fourth-order valence-corrected chi connectivity index (χ4v) is 0.596. The van der Waals surface area contributed by atoms with Crippen molar-refractivity contribution in [2.45, 2.75) is 19.8 Å². The Morgan fingerprint density at radius 1 is 1.20 bits per heavy atom. The zero-order chi connectivity index (χ0) is 11.6. The summed E-state index contributed by atoms with van der Waals surface area (Å²) < 4.78 is 0. The summed E-state index contributed by atoms with van der Waals surface area (Å²) >= 11 is 0. The van der Waals surface area contributed by atoms with Crippen molar-refractivity contribution in [2.75, 3.05) is 20.6 Å². The highest BCUT2D eigenvalue weighted by molar-refractivity contribution is 5.91. The van der Waals surface area contributed by atoms with E-state index < -0.39 is 12.1 Å². The number of nitrogens with two attached hydrogens (primary N) is 2. The molecule has 0 aliphatic carbocycles. The van der Waals surface area contributed by atoms with Crippen molar-refractivity contribution in [3.8, 4) is 0 Å². The molecule has 0 spiro atoms. The minimum atomic E-state index is -0.938. The van der Waals surface area contributed by atoms with Crippen LogP contribution < -0.4 is 16.8 Å². The first-order valence-corrected chi connectivity index (χ1v) is 4.40. The van der Waals surface area contributed by atoms with Crippen molar-refractivity contribution in [3.63, 3.8) is 0 Å². The zero-order valence-electron chi connectivity index (χ0n) is 9.45. The predicted octanol–water partition coefficient (Wildman–Crippen LogP) is 0.503. The van der Waals surface area contributed by atoms with E-state index >= 15 is 0 Å². The molecule has 6 nitrogen and oxygen atoms in total. The number of nitrogens with one attached hydrogen (secondary N) is 1. The number of carbonyl (C=O) groups is 2. The van der Waals surface area contributed by atoms with E-state index in [9.17, 15) is 9.59 Å². The van der Waals surface area contributed by atoms with Crippen LogP contribution in [0.5, 0.6) is 0 Å². The van der Waals surface area contributed by atoms with E-state index in [4.69, 9.17) is 0 Å². The van der Waals surface area contributed by atoms with Gasteiger partial charge in [-0.05, 0) is 27.1 Å². The van der Waals surface area contributed by atoms with E-state index in [0.29, 0.717) is 0 Å². The molecule has 15 heavy (non-hydrogen) atoms. The number of nitrogens with zero attached hydrogens (tertiary/aromatic N) is 1. The molecular weight excluding hydrogens is 220 g/mol. The predicted molar refractivity (Wildman–Crippen MR) is 63.0 cm³/mol. The Morgan fingerprint density at radius 3 is 1.67 bits per heavy atom. The Morgan fingerprint density at radius 2 is 1.60 bits per heavy atom. The summed E-state index contributed by atoms with van der Waals surface area (Å²) in [5.74, 6) is 0. The topological polar surface area (TPSA) is 101 Å². The molecule has 0 fully saturated rings. The van der Waals surface area contributed by atoms with Crippen molar-refractivity contribution < 1.29 is 9.59 Å². The second-order valence-electron chi connectivity index (χ2n) is 3.01. The van der Waals surface area contributed by atoms with Crippen molar-refractivity contribution >= 4 is 24.5 Å². The lowest BCUT2D eigenvalue weighted by Crippen LogP contribution is -2.38. The minimum absolute atomic E-state index is 0. The molecule has 7 heteroatoms. The van der Waals surface area contributed by atoms with Gasteiger partial charge in [0.2, 0.25) is 0 Å². The molecule has 0 saturated carbocycles. The Kier molecular flexibility index (Phi) is 16.9. The highest BCUT2D eigenvalue weighted by atomic mass is 35.5. The maximum atomic E-state index is 9.62. The van der Waals surface area contributed by atoms with Gasteiger partial charge in [-0.2, -0.15) is 0 Å². The highest BCUT2D eigenvalue weighted by Crippen LogP contribution is 1.86. The molecule has 0 aliphatic heterocycles. The van der Waals surface area contributed by atoms with Crippen LogP contribution in [-0.4, -0.2) is 37.6 Å². The molecule has 0 bridgehead atoms. The molecule has 0 atom stereocenters. The molecule has 0 unspecified atom stereocenters. The molecule has 0 heterocycles. The van der Waals surface area contributed by atoms with Crippen LogP contribution in [0.1, 0.15) is 19.8 Å². The van der Waals surface area contributed by atoms with E-state index in [1.807, 2.05) is 0 Å². The summed E-state index contributed by atoms with van der Waals surface area (Å²) in [5.41, 5.74) is 8.88. The van der Waals surface area contributed by atoms with Gasteiger partial charge in [-0.3, -0.25) is 5.32 Å². The average molecular weight is 241 g/mol. The van der Waals surface area contributed by atoms with E-state index in [1.165, 1.54) is 19.4 Å². The number of rotatable bonds is 3. The van der Waals surface area contributed by atoms with Crippen LogP contribution in [0.3, 0.4) is 0 Å². The second-order valence-corrected chi connectivity index (χ2v) is 3.01. The van der Waals surface area contributed by atoms with Crippen LogP contribution in [0.4, 0.5) is 9.59 Å². The lowest BCUT2D eigenvalue weighted by atomic mass is 10.3. The normalized spacial score (nSPS) is 8.27. The zero-order valence-corrected chi connectivity index (χ0v) is 10.3. The Bertz CT molecular complexity index is 164. The molecular formula is C8H21ClN4O2. The molecule has 0 aromatic heterocycles. The Hall–Kier alpha value is -1.01.